The highest BCUT2D eigenvalue weighted by Crippen LogP contribution is 2.11. The fourth-order valence-corrected chi connectivity index (χ4v) is 2.94. The molecule has 0 saturated carbocycles. The summed E-state index contributed by atoms with van der Waals surface area (Å²) in [4.78, 5) is 19.3. The molecule has 1 aromatic carbocycles. The van der Waals surface area contributed by atoms with Crippen molar-refractivity contribution in [3.63, 3.8) is 0 Å². The Morgan fingerprint density at radius 2 is 1.88 bits per heavy atom. The molecule has 1 aromatic heterocycles. The van der Waals surface area contributed by atoms with Gasteiger partial charge in [0.1, 0.15) is 0 Å². The predicted molar refractivity (Wildman–Crippen MR) is 105 cm³/mol. The minimum atomic E-state index is 0.0135. The van der Waals surface area contributed by atoms with E-state index >= 15 is 0 Å². The van der Waals surface area contributed by atoms with Gasteiger partial charge in [0.05, 0.1) is 19.6 Å². The molecule has 5 nitrogen and oxygen atoms in total. The highest BCUT2D eigenvalue weighted by atomic mass is 32.1. The Balaban J connectivity index is 2.04. The molecule has 0 aliphatic rings. The number of likely N-dealkylation sites (N-methyl/N-ethyl adjacent to an activating group) is 1. The van der Waals surface area contributed by atoms with Crippen LogP contribution in [0.3, 0.4) is 0 Å². The Morgan fingerprint density at radius 3 is 2.52 bits per heavy atom. The van der Waals surface area contributed by atoms with Crippen LogP contribution in [0.5, 0.6) is 0 Å². The first-order valence-corrected chi connectivity index (χ1v) is 9.29. The zero-order chi connectivity index (χ0) is 18.1. The molecule has 6 heteroatoms. The van der Waals surface area contributed by atoms with Crippen molar-refractivity contribution >= 4 is 23.2 Å². The number of hydrogen-bond donors (Lipinski definition) is 2. The largest absolute Gasteiger partial charge is 0.351 e. The van der Waals surface area contributed by atoms with Gasteiger partial charge >= 0.3 is 0 Å². The van der Waals surface area contributed by atoms with E-state index < -0.39 is 0 Å². The molecule has 134 valence electrons. The van der Waals surface area contributed by atoms with Gasteiger partial charge < -0.3 is 15.5 Å². The molecule has 1 heterocycles. The van der Waals surface area contributed by atoms with Gasteiger partial charge in [-0.25, -0.2) is 4.99 Å². The number of hydrogen-bond acceptors (Lipinski definition) is 3. The van der Waals surface area contributed by atoms with Gasteiger partial charge in [0, 0.05) is 19.0 Å². The first kappa shape index (κ1) is 19.0. The third-order valence-corrected chi connectivity index (χ3v) is 4.70. The Labute approximate surface area is 153 Å². The predicted octanol–water partition coefficient (Wildman–Crippen LogP) is 2.63. The number of rotatable bonds is 7. The molecular weight excluding hydrogens is 332 g/mol. The van der Waals surface area contributed by atoms with Crippen molar-refractivity contribution in [2.24, 2.45) is 4.99 Å². The van der Waals surface area contributed by atoms with Gasteiger partial charge in [-0.3, -0.25) is 4.79 Å². The molecule has 0 saturated heterocycles. The van der Waals surface area contributed by atoms with E-state index in [9.17, 15) is 4.79 Å². The molecule has 0 fully saturated rings. The summed E-state index contributed by atoms with van der Waals surface area (Å²) in [5.74, 6) is 0.661. The minimum absolute atomic E-state index is 0.0135. The number of guanidine groups is 1. The van der Waals surface area contributed by atoms with E-state index in [1.165, 1.54) is 16.0 Å². The second-order valence-electron chi connectivity index (χ2n) is 5.86. The van der Waals surface area contributed by atoms with Crippen LogP contribution in [0.2, 0.25) is 0 Å². The summed E-state index contributed by atoms with van der Waals surface area (Å²) < 4.78 is 0. The molecule has 2 rings (SSSR count). The summed E-state index contributed by atoms with van der Waals surface area (Å²) >= 11 is 1.69. The van der Waals surface area contributed by atoms with Crippen LogP contribution in [-0.4, -0.2) is 37.4 Å². The third kappa shape index (κ3) is 6.23. The van der Waals surface area contributed by atoms with Crippen LogP contribution >= 0.6 is 11.3 Å². The SMILES string of the molecule is CCc1ccccc1CN=C(NCC(=O)N(C)C)NCc1cccs1. The van der Waals surface area contributed by atoms with E-state index in [4.69, 9.17) is 0 Å². The van der Waals surface area contributed by atoms with Crippen LogP contribution in [-0.2, 0) is 24.3 Å². The topological polar surface area (TPSA) is 56.7 Å². The lowest BCUT2D eigenvalue weighted by Gasteiger charge is -2.15. The van der Waals surface area contributed by atoms with E-state index in [0.29, 0.717) is 19.0 Å². The maximum atomic E-state index is 11.8. The second kappa shape index (κ2) is 9.84. The summed E-state index contributed by atoms with van der Waals surface area (Å²) in [7, 11) is 3.49. The van der Waals surface area contributed by atoms with Gasteiger partial charge in [-0.1, -0.05) is 37.3 Å². The summed E-state index contributed by atoms with van der Waals surface area (Å²) in [5, 5.41) is 8.48. The van der Waals surface area contributed by atoms with E-state index in [-0.39, 0.29) is 12.5 Å². The Hall–Kier alpha value is -2.34. The van der Waals surface area contributed by atoms with Crippen LogP contribution < -0.4 is 10.6 Å². The van der Waals surface area contributed by atoms with E-state index in [1.807, 2.05) is 17.5 Å². The zero-order valence-corrected chi connectivity index (χ0v) is 15.9. The standard InChI is InChI=1S/C19H26N4OS/c1-4-15-8-5-6-9-16(15)12-20-19(22-14-18(24)23(2)3)21-13-17-10-7-11-25-17/h5-11H,4,12-14H2,1-3H3,(H2,20,21,22). The van der Waals surface area contributed by atoms with Crippen LogP contribution in [0.1, 0.15) is 22.9 Å². The van der Waals surface area contributed by atoms with Gasteiger partial charge in [-0.2, -0.15) is 0 Å². The molecule has 0 unspecified atom stereocenters. The van der Waals surface area contributed by atoms with Crippen LogP contribution in [0, 0.1) is 0 Å². The normalized spacial score (nSPS) is 11.2. The van der Waals surface area contributed by atoms with Crippen molar-refractivity contribution in [3.8, 4) is 0 Å². The fraction of sp³-hybridized carbons (Fsp3) is 0.368. The van der Waals surface area contributed by atoms with Crippen LogP contribution in [0.4, 0.5) is 0 Å². The molecule has 25 heavy (non-hydrogen) atoms. The quantitative estimate of drug-likeness (QED) is 0.591. The maximum Gasteiger partial charge on any atom is 0.241 e. The van der Waals surface area contributed by atoms with Crippen molar-refractivity contribution in [2.75, 3.05) is 20.6 Å². The molecule has 1 amide bonds. The molecule has 0 atom stereocenters. The van der Waals surface area contributed by atoms with Gasteiger partial charge in [-0.05, 0) is 29.0 Å². The molecule has 2 N–H and O–H groups in total. The third-order valence-electron chi connectivity index (χ3n) is 3.82. The highest BCUT2D eigenvalue weighted by molar-refractivity contribution is 7.09. The second-order valence-corrected chi connectivity index (χ2v) is 6.89. The first-order chi connectivity index (χ1) is 12.1. The van der Waals surface area contributed by atoms with Crippen LogP contribution in [0.25, 0.3) is 0 Å². The molecule has 2 aromatic rings. The lowest BCUT2D eigenvalue weighted by atomic mass is 10.1. The summed E-state index contributed by atoms with van der Waals surface area (Å²) in [5.41, 5.74) is 2.51. The lowest BCUT2D eigenvalue weighted by Crippen LogP contribution is -2.42. The number of carbonyl (C=O) groups is 1. The number of nitrogens with zero attached hydrogens (tertiary/aromatic N) is 2. The highest BCUT2D eigenvalue weighted by Gasteiger charge is 2.07. The number of amides is 1. The van der Waals surface area contributed by atoms with Crippen molar-refractivity contribution < 1.29 is 4.79 Å². The molecule has 0 bridgehead atoms. The van der Waals surface area contributed by atoms with E-state index in [0.717, 1.165) is 6.42 Å². The monoisotopic (exact) mass is 358 g/mol. The van der Waals surface area contributed by atoms with E-state index in [1.54, 1.807) is 30.3 Å². The number of aryl methyl sites for hydroxylation is 1. The Morgan fingerprint density at radius 1 is 1.12 bits per heavy atom. The molecule has 0 radical (unpaired) electrons. The number of nitrogens with one attached hydrogen (secondary N) is 2. The summed E-state index contributed by atoms with van der Waals surface area (Å²) in [6.45, 7) is 3.64. The van der Waals surface area contributed by atoms with Gasteiger partial charge in [0.15, 0.2) is 5.96 Å². The van der Waals surface area contributed by atoms with Crippen molar-refractivity contribution in [3.05, 3.63) is 57.8 Å². The molecule has 0 aliphatic heterocycles. The molecule has 0 aliphatic carbocycles. The summed E-state index contributed by atoms with van der Waals surface area (Å²) in [6.07, 6.45) is 0.982. The number of carbonyl (C=O) groups excluding carboxylic acids is 1. The van der Waals surface area contributed by atoms with E-state index in [2.05, 4.69) is 46.8 Å². The van der Waals surface area contributed by atoms with Gasteiger partial charge in [0.25, 0.3) is 0 Å². The zero-order valence-electron chi connectivity index (χ0n) is 15.1. The first-order valence-electron chi connectivity index (χ1n) is 8.41. The average molecular weight is 359 g/mol. The minimum Gasteiger partial charge on any atom is -0.351 e. The smallest absolute Gasteiger partial charge is 0.241 e. The Kier molecular flexibility index (Phi) is 7.47. The van der Waals surface area contributed by atoms with Crippen LogP contribution in [0.15, 0.2) is 46.8 Å². The maximum absolute atomic E-state index is 11.8. The van der Waals surface area contributed by atoms with Crippen molar-refractivity contribution in [2.45, 2.75) is 26.4 Å². The number of benzene rings is 1. The summed E-state index contributed by atoms with van der Waals surface area (Å²) in [6, 6.07) is 12.4. The molecule has 0 spiro atoms. The average Bonchev–Trinajstić information content (AvgIpc) is 3.14. The van der Waals surface area contributed by atoms with Crippen molar-refractivity contribution in [1.82, 2.24) is 15.5 Å². The van der Waals surface area contributed by atoms with Gasteiger partial charge in [-0.15, -0.1) is 11.3 Å². The van der Waals surface area contributed by atoms with Crippen molar-refractivity contribution in [1.29, 1.82) is 0 Å². The Bertz CT molecular complexity index is 695. The number of thiophene rings is 1. The fourth-order valence-electron chi connectivity index (χ4n) is 2.30. The number of aliphatic imine (C=N–C) groups is 1. The molecular formula is C19H26N4OS. The van der Waals surface area contributed by atoms with Gasteiger partial charge in [0.2, 0.25) is 5.91 Å². The lowest BCUT2D eigenvalue weighted by molar-refractivity contribution is -0.127.